The molecule has 0 aliphatic heterocycles. The number of hydrogen-bond donors (Lipinski definition) is 0. The van der Waals surface area contributed by atoms with Crippen LogP contribution in [0.2, 0.25) is 0 Å². The van der Waals surface area contributed by atoms with Crippen LogP contribution < -0.4 is 0 Å². The van der Waals surface area contributed by atoms with Crippen molar-refractivity contribution >= 4 is 11.3 Å². The van der Waals surface area contributed by atoms with Gasteiger partial charge in [-0.15, -0.1) is 11.3 Å². The molecule has 0 atom stereocenters. The highest BCUT2D eigenvalue weighted by Crippen LogP contribution is 2.16. The second kappa shape index (κ2) is 4.58. The Morgan fingerprint density at radius 2 is 2.20 bits per heavy atom. The molecule has 0 saturated carbocycles. The van der Waals surface area contributed by atoms with E-state index in [2.05, 4.69) is 37.0 Å². The van der Waals surface area contributed by atoms with Gasteiger partial charge in [-0.2, -0.15) is 0 Å². The molecule has 0 amide bonds. The quantitative estimate of drug-likeness (QED) is 0.765. The van der Waals surface area contributed by atoms with Crippen molar-refractivity contribution < 1.29 is 0 Å². The van der Waals surface area contributed by atoms with Crippen molar-refractivity contribution in [3.05, 3.63) is 51.5 Å². The molecule has 0 aliphatic rings. The van der Waals surface area contributed by atoms with E-state index in [0.717, 1.165) is 12.8 Å². The van der Waals surface area contributed by atoms with Gasteiger partial charge in [-0.3, -0.25) is 4.98 Å². The van der Waals surface area contributed by atoms with Crippen molar-refractivity contribution in [3.63, 3.8) is 0 Å². The molecule has 0 fully saturated rings. The fraction of sp³-hybridized carbons (Fsp3) is 0.308. The summed E-state index contributed by atoms with van der Waals surface area (Å²) in [6.45, 7) is 4.39. The van der Waals surface area contributed by atoms with Gasteiger partial charge in [0.1, 0.15) is 0 Å². The maximum absolute atomic E-state index is 4.09. The summed E-state index contributed by atoms with van der Waals surface area (Å²) >= 11 is 1.72. The summed E-state index contributed by atoms with van der Waals surface area (Å²) in [5.41, 5.74) is 6.12. The zero-order chi connectivity index (χ0) is 10.7. The average Bonchev–Trinajstić information content (AvgIpc) is 2.71. The minimum atomic E-state index is 1.01. The number of benzene rings is 1. The van der Waals surface area contributed by atoms with Gasteiger partial charge in [-0.05, 0) is 30.0 Å². The first-order valence-electron chi connectivity index (χ1n) is 5.25. The van der Waals surface area contributed by atoms with E-state index in [4.69, 9.17) is 0 Å². The van der Waals surface area contributed by atoms with Gasteiger partial charge in [0.25, 0.3) is 0 Å². The second-order valence-corrected chi connectivity index (χ2v) is 4.73. The summed E-state index contributed by atoms with van der Waals surface area (Å²) in [6.07, 6.45) is 4.08. The van der Waals surface area contributed by atoms with Gasteiger partial charge >= 0.3 is 0 Å². The summed E-state index contributed by atoms with van der Waals surface area (Å²) < 4.78 is 0. The van der Waals surface area contributed by atoms with Crippen molar-refractivity contribution in [3.8, 4) is 0 Å². The van der Waals surface area contributed by atoms with Gasteiger partial charge in [0.2, 0.25) is 0 Å². The van der Waals surface area contributed by atoms with Crippen molar-refractivity contribution in [2.24, 2.45) is 0 Å². The molecule has 1 heterocycles. The number of hydrogen-bond acceptors (Lipinski definition) is 2. The third-order valence-electron chi connectivity index (χ3n) is 2.65. The van der Waals surface area contributed by atoms with E-state index in [0.29, 0.717) is 0 Å². The highest BCUT2D eigenvalue weighted by atomic mass is 32.1. The molecule has 1 aromatic heterocycles. The first kappa shape index (κ1) is 10.4. The van der Waals surface area contributed by atoms with Crippen LogP contribution in [0.4, 0.5) is 0 Å². The van der Waals surface area contributed by atoms with Crippen LogP contribution in [0.5, 0.6) is 0 Å². The van der Waals surface area contributed by atoms with E-state index in [9.17, 15) is 0 Å². The Bertz CT molecular complexity index is 432. The van der Waals surface area contributed by atoms with Crippen molar-refractivity contribution in [1.29, 1.82) is 0 Å². The normalized spacial score (nSPS) is 10.5. The summed E-state index contributed by atoms with van der Waals surface area (Å²) in [5.74, 6) is 0. The van der Waals surface area contributed by atoms with Crippen LogP contribution in [-0.4, -0.2) is 4.98 Å². The van der Waals surface area contributed by atoms with Crippen LogP contribution in [0.1, 0.15) is 28.5 Å². The molecule has 2 aromatic rings. The van der Waals surface area contributed by atoms with Crippen LogP contribution in [0, 0.1) is 6.92 Å². The molecule has 0 N–H and O–H groups in total. The van der Waals surface area contributed by atoms with Gasteiger partial charge in [-0.25, -0.2) is 0 Å². The molecule has 15 heavy (non-hydrogen) atoms. The van der Waals surface area contributed by atoms with Crippen LogP contribution in [0.15, 0.2) is 29.9 Å². The maximum atomic E-state index is 4.09. The van der Waals surface area contributed by atoms with E-state index in [1.165, 1.54) is 21.6 Å². The SMILES string of the molecule is CCc1ccc(Cc2cncs2)cc1C. The van der Waals surface area contributed by atoms with Crippen LogP contribution in [-0.2, 0) is 12.8 Å². The molecule has 0 saturated heterocycles. The Morgan fingerprint density at radius 3 is 2.80 bits per heavy atom. The van der Waals surface area contributed by atoms with E-state index in [1.54, 1.807) is 11.3 Å². The summed E-state index contributed by atoms with van der Waals surface area (Å²) in [6, 6.07) is 6.76. The fourth-order valence-corrected chi connectivity index (χ4v) is 2.42. The monoisotopic (exact) mass is 217 g/mol. The van der Waals surface area contributed by atoms with Crippen molar-refractivity contribution in [1.82, 2.24) is 4.98 Å². The van der Waals surface area contributed by atoms with E-state index >= 15 is 0 Å². The topological polar surface area (TPSA) is 12.9 Å². The van der Waals surface area contributed by atoms with Gasteiger partial charge in [0.05, 0.1) is 5.51 Å². The predicted octanol–water partition coefficient (Wildman–Crippen LogP) is 3.60. The lowest BCUT2D eigenvalue weighted by Crippen LogP contribution is -1.90. The molecule has 0 bridgehead atoms. The van der Waals surface area contributed by atoms with Crippen LogP contribution in [0.3, 0.4) is 0 Å². The first-order chi connectivity index (χ1) is 7.29. The number of thiazole rings is 1. The standard InChI is InChI=1S/C13H15NS/c1-3-12-5-4-11(6-10(12)2)7-13-8-14-9-15-13/h4-6,8-9H,3,7H2,1-2H3. The van der Waals surface area contributed by atoms with Gasteiger partial charge in [0.15, 0.2) is 0 Å². The van der Waals surface area contributed by atoms with E-state index in [1.807, 2.05) is 11.7 Å². The number of aryl methyl sites for hydroxylation is 2. The Kier molecular flexibility index (Phi) is 3.17. The molecular weight excluding hydrogens is 202 g/mol. The third-order valence-corrected chi connectivity index (χ3v) is 3.43. The fourth-order valence-electron chi connectivity index (χ4n) is 1.80. The Hall–Kier alpha value is -1.15. The number of nitrogens with zero attached hydrogens (tertiary/aromatic N) is 1. The number of rotatable bonds is 3. The summed E-state index contributed by atoms with van der Waals surface area (Å²) in [5, 5.41) is 0. The minimum absolute atomic E-state index is 1.01. The smallest absolute Gasteiger partial charge is 0.0794 e. The largest absolute Gasteiger partial charge is 0.253 e. The third kappa shape index (κ3) is 2.45. The molecule has 0 unspecified atom stereocenters. The molecule has 2 heteroatoms. The van der Waals surface area contributed by atoms with Gasteiger partial charge in [-0.1, -0.05) is 25.1 Å². The molecule has 1 nitrogen and oxygen atoms in total. The molecular formula is C13H15NS. The maximum Gasteiger partial charge on any atom is 0.0794 e. The van der Waals surface area contributed by atoms with Gasteiger partial charge < -0.3 is 0 Å². The summed E-state index contributed by atoms with van der Waals surface area (Å²) in [4.78, 5) is 5.43. The van der Waals surface area contributed by atoms with Crippen molar-refractivity contribution in [2.75, 3.05) is 0 Å². The Morgan fingerprint density at radius 1 is 1.33 bits per heavy atom. The predicted molar refractivity (Wildman–Crippen MR) is 65.5 cm³/mol. The first-order valence-corrected chi connectivity index (χ1v) is 6.13. The second-order valence-electron chi connectivity index (χ2n) is 3.76. The lowest BCUT2D eigenvalue weighted by molar-refractivity contribution is 1.09. The zero-order valence-corrected chi connectivity index (χ0v) is 9.97. The lowest BCUT2D eigenvalue weighted by Gasteiger charge is -2.05. The lowest BCUT2D eigenvalue weighted by atomic mass is 10.0. The summed E-state index contributed by atoms with van der Waals surface area (Å²) in [7, 11) is 0. The molecule has 0 spiro atoms. The van der Waals surface area contributed by atoms with Crippen molar-refractivity contribution in [2.45, 2.75) is 26.7 Å². The van der Waals surface area contributed by atoms with Crippen LogP contribution in [0.25, 0.3) is 0 Å². The highest BCUT2D eigenvalue weighted by Gasteiger charge is 2.00. The van der Waals surface area contributed by atoms with Crippen LogP contribution >= 0.6 is 11.3 Å². The molecule has 0 radical (unpaired) electrons. The molecule has 0 aliphatic carbocycles. The van der Waals surface area contributed by atoms with E-state index in [-0.39, 0.29) is 0 Å². The highest BCUT2D eigenvalue weighted by molar-refractivity contribution is 7.09. The molecule has 2 rings (SSSR count). The Labute approximate surface area is 94.8 Å². The minimum Gasteiger partial charge on any atom is -0.253 e. The number of aromatic nitrogens is 1. The van der Waals surface area contributed by atoms with E-state index < -0.39 is 0 Å². The molecule has 78 valence electrons. The molecule has 1 aromatic carbocycles. The average molecular weight is 217 g/mol. The Balaban J connectivity index is 2.20. The van der Waals surface area contributed by atoms with Gasteiger partial charge in [0, 0.05) is 17.5 Å². The zero-order valence-electron chi connectivity index (χ0n) is 9.16.